The number of hydrogen-bond donors (Lipinski definition) is 0. The van der Waals surface area contributed by atoms with Crippen LogP contribution in [0.3, 0.4) is 0 Å². The third kappa shape index (κ3) is 5.94. The fourth-order valence-electron chi connectivity index (χ4n) is 1.07. The maximum absolute atomic E-state index is 11.2. The van der Waals surface area contributed by atoms with Crippen molar-refractivity contribution in [2.45, 2.75) is 26.3 Å². The molecule has 1 unspecified atom stereocenters. The standard InChI is InChI=1S/C10H21NO3/c1-5-14-10(12)8-9(2)11(3)6-7-13-4/h9H,5-8H2,1-4H3. The van der Waals surface area contributed by atoms with Gasteiger partial charge in [-0.05, 0) is 20.9 Å². The Morgan fingerprint density at radius 1 is 1.50 bits per heavy atom. The van der Waals surface area contributed by atoms with Crippen LogP contribution in [0.25, 0.3) is 0 Å². The zero-order valence-electron chi connectivity index (χ0n) is 9.58. The second-order valence-corrected chi connectivity index (χ2v) is 3.33. The summed E-state index contributed by atoms with van der Waals surface area (Å²) in [7, 11) is 3.65. The van der Waals surface area contributed by atoms with E-state index in [0.29, 0.717) is 19.6 Å². The fourth-order valence-corrected chi connectivity index (χ4v) is 1.07. The van der Waals surface area contributed by atoms with Gasteiger partial charge in [0.05, 0.1) is 19.6 Å². The average molecular weight is 203 g/mol. The van der Waals surface area contributed by atoms with Crippen molar-refractivity contribution in [3.8, 4) is 0 Å². The highest BCUT2D eigenvalue weighted by atomic mass is 16.5. The first kappa shape index (κ1) is 13.4. The second-order valence-electron chi connectivity index (χ2n) is 3.33. The number of rotatable bonds is 7. The molecule has 0 aromatic heterocycles. The van der Waals surface area contributed by atoms with Crippen LogP contribution < -0.4 is 0 Å². The second kappa shape index (κ2) is 7.76. The Bertz CT molecular complexity index is 161. The van der Waals surface area contributed by atoms with E-state index in [1.54, 1.807) is 7.11 Å². The normalized spacial score (nSPS) is 12.9. The summed E-state index contributed by atoms with van der Waals surface area (Å²) in [6.45, 7) is 5.79. The van der Waals surface area contributed by atoms with Crippen molar-refractivity contribution < 1.29 is 14.3 Å². The van der Waals surface area contributed by atoms with Gasteiger partial charge in [-0.25, -0.2) is 0 Å². The van der Waals surface area contributed by atoms with Gasteiger partial charge in [0, 0.05) is 19.7 Å². The molecule has 0 fully saturated rings. The third-order valence-electron chi connectivity index (χ3n) is 2.17. The molecule has 0 aliphatic heterocycles. The van der Waals surface area contributed by atoms with Crippen LogP contribution in [0.2, 0.25) is 0 Å². The van der Waals surface area contributed by atoms with E-state index in [2.05, 4.69) is 4.90 Å². The maximum Gasteiger partial charge on any atom is 0.307 e. The summed E-state index contributed by atoms with van der Waals surface area (Å²) in [5, 5.41) is 0. The fraction of sp³-hybridized carbons (Fsp3) is 0.900. The van der Waals surface area contributed by atoms with Gasteiger partial charge in [0.1, 0.15) is 0 Å². The number of nitrogens with zero attached hydrogens (tertiary/aromatic N) is 1. The van der Waals surface area contributed by atoms with E-state index in [-0.39, 0.29) is 12.0 Å². The SMILES string of the molecule is CCOC(=O)CC(C)N(C)CCOC. The molecule has 0 radical (unpaired) electrons. The molecule has 0 rings (SSSR count). The van der Waals surface area contributed by atoms with Crippen molar-refractivity contribution >= 4 is 5.97 Å². The number of hydrogen-bond acceptors (Lipinski definition) is 4. The minimum Gasteiger partial charge on any atom is -0.466 e. The average Bonchev–Trinajstić information content (AvgIpc) is 2.14. The summed E-state index contributed by atoms with van der Waals surface area (Å²) < 4.78 is 9.83. The molecule has 0 aromatic carbocycles. The van der Waals surface area contributed by atoms with Crippen molar-refractivity contribution in [3.05, 3.63) is 0 Å². The van der Waals surface area contributed by atoms with Gasteiger partial charge in [-0.3, -0.25) is 4.79 Å². The molecule has 4 nitrogen and oxygen atoms in total. The topological polar surface area (TPSA) is 38.8 Å². The van der Waals surface area contributed by atoms with E-state index >= 15 is 0 Å². The first-order valence-electron chi connectivity index (χ1n) is 4.96. The van der Waals surface area contributed by atoms with Crippen molar-refractivity contribution in [2.24, 2.45) is 0 Å². The van der Waals surface area contributed by atoms with E-state index < -0.39 is 0 Å². The zero-order chi connectivity index (χ0) is 11.0. The van der Waals surface area contributed by atoms with Crippen LogP contribution in [-0.4, -0.2) is 50.8 Å². The van der Waals surface area contributed by atoms with Crippen LogP contribution in [0.4, 0.5) is 0 Å². The van der Waals surface area contributed by atoms with Gasteiger partial charge >= 0.3 is 5.97 Å². The van der Waals surface area contributed by atoms with Gasteiger partial charge in [0.2, 0.25) is 0 Å². The molecular formula is C10H21NO3. The van der Waals surface area contributed by atoms with Gasteiger partial charge in [0.15, 0.2) is 0 Å². The van der Waals surface area contributed by atoms with Gasteiger partial charge in [-0.1, -0.05) is 0 Å². The molecule has 0 aromatic rings. The van der Waals surface area contributed by atoms with Gasteiger partial charge in [-0.2, -0.15) is 0 Å². The number of carbonyl (C=O) groups is 1. The van der Waals surface area contributed by atoms with Crippen molar-refractivity contribution in [1.29, 1.82) is 0 Å². The minimum atomic E-state index is -0.135. The Morgan fingerprint density at radius 3 is 2.64 bits per heavy atom. The van der Waals surface area contributed by atoms with Crippen LogP contribution in [0.1, 0.15) is 20.3 Å². The van der Waals surface area contributed by atoms with E-state index in [1.807, 2.05) is 20.9 Å². The maximum atomic E-state index is 11.2. The van der Waals surface area contributed by atoms with Crippen LogP contribution in [0.5, 0.6) is 0 Å². The molecule has 0 heterocycles. The van der Waals surface area contributed by atoms with E-state index in [4.69, 9.17) is 9.47 Å². The first-order chi connectivity index (χ1) is 6.61. The molecule has 0 bridgehead atoms. The number of likely N-dealkylation sites (N-methyl/N-ethyl adjacent to an activating group) is 1. The smallest absolute Gasteiger partial charge is 0.307 e. The lowest BCUT2D eigenvalue weighted by atomic mass is 10.2. The zero-order valence-corrected chi connectivity index (χ0v) is 9.58. The van der Waals surface area contributed by atoms with Crippen LogP contribution >= 0.6 is 0 Å². The summed E-state index contributed by atoms with van der Waals surface area (Å²) in [4.78, 5) is 13.2. The quantitative estimate of drug-likeness (QED) is 0.576. The van der Waals surface area contributed by atoms with Gasteiger partial charge in [0.25, 0.3) is 0 Å². The number of ether oxygens (including phenoxy) is 2. The Morgan fingerprint density at radius 2 is 2.14 bits per heavy atom. The Kier molecular flexibility index (Phi) is 7.42. The van der Waals surface area contributed by atoms with Crippen LogP contribution in [0.15, 0.2) is 0 Å². The predicted octanol–water partition coefficient (Wildman–Crippen LogP) is 0.906. The number of methoxy groups -OCH3 is 1. The molecule has 4 heteroatoms. The molecule has 84 valence electrons. The van der Waals surface area contributed by atoms with Crippen molar-refractivity contribution in [3.63, 3.8) is 0 Å². The van der Waals surface area contributed by atoms with Crippen LogP contribution in [0, 0.1) is 0 Å². The summed E-state index contributed by atoms with van der Waals surface area (Å²) in [6, 6.07) is 0.198. The largest absolute Gasteiger partial charge is 0.466 e. The number of carbonyl (C=O) groups excluding carboxylic acids is 1. The molecule has 0 spiro atoms. The van der Waals surface area contributed by atoms with Gasteiger partial charge < -0.3 is 14.4 Å². The third-order valence-corrected chi connectivity index (χ3v) is 2.17. The summed E-state index contributed by atoms with van der Waals surface area (Å²) in [5.74, 6) is -0.135. The molecular weight excluding hydrogens is 182 g/mol. The monoisotopic (exact) mass is 203 g/mol. The highest BCUT2D eigenvalue weighted by molar-refractivity contribution is 5.69. The van der Waals surface area contributed by atoms with E-state index in [1.165, 1.54) is 0 Å². The lowest BCUT2D eigenvalue weighted by Gasteiger charge is -2.23. The molecule has 0 N–H and O–H groups in total. The van der Waals surface area contributed by atoms with Crippen molar-refractivity contribution in [2.75, 3.05) is 33.9 Å². The molecule has 0 aliphatic carbocycles. The van der Waals surface area contributed by atoms with Crippen molar-refractivity contribution in [1.82, 2.24) is 4.90 Å². The van der Waals surface area contributed by atoms with Crippen LogP contribution in [-0.2, 0) is 14.3 Å². The highest BCUT2D eigenvalue weighted by Gasteiger charge is 2.13. The highest BCUT2D eigenvalue weighted by Crippen LogP contribution is 2.02. The van der Waals surface area contributed by atoms with Gasteiger partial charge in [-0.15, -0.1) is 0 Å². The molecule has 14 heavy (non-hydrogen) atoms. The minimum absolute atomic E-state index is 0.135. The van der Waals surface area contributed by atoms with E-state index in [0.717, 1.165) is 6.54 Å². The Labute approximate surface area is 86.2 Å². The molecule has 1 atom stereocenters. The Hall–Kier alpha value is -0.610. The number of esters is 1. The summed E-state index contributed by atoms with van der Waals surface area (Å²) in [6.07, 6.45) is 0.439. The molecule has 0 saturated heterocycles. The first-order valence-corrected chi connectivity index (χ1v) is 4.96. The van der Waals surface area contributed by atoms with E-state index in [9.17, 15) is 4.79 Å². The Balaban J connectivity index is 3.70. The molecule has 0 saturated carbocycles. The lowest BCUT2D eigenvalue weighted by molar-refractivity contribution is -0.144. The summed E-state index contributed by atoms with van der Waals surface area (Å²) in [5.41, 5.74) is 0. The predicted molar refractivity (Wildman–Crippen MR) is 55.2 cm³/mol. The molecule has 0 aliphatic rings. The lowest BCUT2D eigenvalue weighted by Crippen LogP contribution is -2.34. The molecule has 0 amide bonds. The summed E-state index contributed by atoms with van der Waals surface area (Å²) >= 11 is 0.